The van der Waals surface area contributed by atoms with Crippen LogP contribution in [0.4, 0.5) is 4.79 Å². The number of esters is 1. The number of rotatable bonds is 2. The minimum Gasteiger partial charge on any atom is -0.465 e. The van der Waals surface area contributed by atoms with E-state index in [-0.39, 0.29) is 10.9 Å². The number of hydrogen-bond donors (Lipinski definition) is 1. The highest BCUT2D eigenvalue weighted by Gasteiger charge is 2.15. The van der Waals surface area contributed by atoms with Gasteiger partial charge in [0.25, 0.3) is 5.56 Å². The number of nitrogens with one attached hydrogen (secondary N) is 1. The van der Waals surface area contributed by atoms with Gasteiger partial charge in [0.1, 0.15) is 0 Å². The SMILES string of the molecule is COC(=O)Nn1cc(C(=O)OC)c2ccccc2c1=O. The molecule has 7 nitrogen and oxygen atoms in total. The minimum absolute atomic E-state index is 0.166. The molecule has 1 amide bonds. The summed E-state index contributed by atoms with van der Waals surface area (Å²) in [7, 11) is 2.41. The maximum absolute atomic E-state index is 12.2. The first-order valence-electron chi connectivity index (χ1n) is 5.66. The summed E-state index contributed by atoms with van der Waals surface area (Å²) in [5, 5.41) is 0.735. The Morgan fingerprint density at radius 3 is 2.35 bits per heavy atom. The van der Waals surface area contributed by atoms with E-state index in [0.29, 0.717) is 5.39 Å². The molecule has 0 aliphatic rings. The van der Waals surface area contributed by atoms with Gasteiger partial charge in [0.15, 0.2) is 0 Å². The fraction of sp³-hybridized carbons (Fsp3) is 0.154. The molecule has 0 radical (unpaired) electrons. The van der Waals surface area contributed by atoms with Crippen molar-refractivity contribution in [1.82, 2.24) is 4.68 Å². The van der Waals surface area contributed by atoms with Crippen molar-refractivity contribution in [3.8, 4) is 0 Å². The van der Waals surface area contributed by atoms with Gasteiger partial charge in [-0.15, -0.1) is 0 Å². The number of ether oxygens (including phenoxy) is 2. The summed E-state index contributed by atoms with van der Waals surface area (Å²) in [5.41, 5.74) is 1.90. The largest absolute Gasteiger partial charge is 0.465 e. The van der Waals surface area contributed by atoms with Crippen molar-refractivity contribution in [1.29, 1.82) is 0 Å². The van der Waals surface area contributed by atoms with E-state index >= 15 is 0 Å². The molecule has 20 heavy (non-hydrogen) atoms. The molecule has 0 saturated carbocycles. The van der Waals surface area contributed by atoms with E-state index < -0.39 is 17.6 Å². The van der Waals surface area contributed by atoms with Crippen LogP contribution in [0.5, 0.6) is 0 Å². The van der Waals surface area contributed by atoms with E-state index in [0.717, 1.165) is 4.68 Å². The summed E-state index contributed by atoms with van der Waals surface area (Å²) in [5.74, 6) is -0.610. The van der Waals surface area contributed by atoms with E-state index in [1.54, 1.807) is 24.3 Å². The van der Waals surface area contributed by atoms with E-state index in [4.69, 9.17) is 0 Å². The Balaban J connectivity index is 2.71. The van der Waals surface area contributed by atoms with Crippen LogP contribution in [0, 0.1) is 0 Å². The van der Waals surface area contributed by atoms with Gasteiger partial charge in [0.05, 0.1) is 19.8 Å². The molecule has 0 atom stereocenters. The van der Waals surface area contributed by atoms with Gasteiger partial charge in [-0.1, -0.05) is 18.2 Å². The maximum atomic E-state index is 12.2. The topological polar surface area (TPSA) is 86.6 Å². The maximum Gasteiger partial charge on any atom is 0.426 e. The summed E-state index contributed by atoms with van der Waals surface area (Å²) >= 11 is 0. The fourth-order valence-electron chi connectivity index (χ4n) is 1.79. The average Bonchev–Trinajstić information content (AvgIpc) is 2.49. The second-order valence-corrected chi connectivity index (χ2v) is 3.86. The lowest BCUT2D eigenvalue weighted by molar-refractivity contribution is 0.0602. The molecule has 0 saturated heterocycles. The Labute approximate surface area is 113 Å². The molecule has 1 aromatic heterocycles. The molecule has 0 unspecified atom stereocenters. The van der Waals surface area contributed by atoms with Crippen molar-refractivity contribution in [3.05, 3.63) is 46.4 Å². The predicted molar refractivity (Wildman–Crippen MR) is 71.3 cm³/mol. The highest BCUT2D eigenvalue weighted by molar-refractivity contribution is 6.04. The second kappa shape index (κ2) is 5.43. The van der Waals surface area contributed by atoms with Crippen LogP contribution >= 0.6 is 0 Å². The van der Waals surface area contributed by atoms with Gasteiger partial charge in [-0.2, -0.15) is 0 Å². The number of methoxy groups -OCH3 is 2. The molecule has 1 heterocycles. The Morgan fingerprint density at radius 1 is 1.10 bits per heavy atom. The summed E-state index contributed by atoms with van der Waals surface area (Å²) in [6.45, 7) is 0. The number of aromatic nitrogens is 1. The number of fused-ring (bicyclic) bond motifs is 1. The zero-order valence-electron chi connectivity index (χ0n) is 10.9. The molecule has 1 aromatic carbocycles. The molecule has 0 spiro atoms. The summed E-state index contributed by atoms with van der Waals surface area (Å²) in [6, 6.07) is 6.55. The van der Waals surface area contributed by atoms with Crippen LogP contribution in [-0.2, 0) is 9.47 Å². The van der Waals surface area contributed by atoms with Crippen LogP contribution in [0.2, 0.25) is 0 Å². The Kier molecular flexibility index (Phi) is 3.69. The first-order valence-corrected chi connectivity index (χ1v) is 5.66. The smallest absolute Gasteiger partial charge is 0.426 e. The summed E-state index contributed by atoms with van der Waals surface area (Å²) < 4.78 is 9.98. The zero-order chi connectivity index (χ0) is 14.7. The van der Waals surface area contributed by atoms with Gasteiger partial charge >= 0.3 is 12.1 Å². The number of amides is 1. The van der Waals surface area contributed by atoms with Crippen molar-refractivity contribution in [2.24, 2.45) is 0 Å². The molecule has 2 rings (SSSR count). The van der Waals surface area contributed by atoms with Gasteiger partial charge in [0, 0.05) is 17.0 Å². The number of benzene rings is 1. The van der Waals surface area contributed by atoms with Gasteiger partial charge in [-0.05, 0) is 6.07 Å². The fourth-order valence-corrected chi connectivity index (χ4v) is 1.79. The third-order valence-electron chi connectivity index (χ3n) is 2.73. The number of pyridine rings is 1. The quantitative estimate of drug-likeness (QED) is 0.830. The van der Waals surface area contributed by atoms with E-state index in [1.165, 1.54) is 20.4 Å². The second-order valence-electron chi connectivity index (χ2n) is 3.86. The molecular formula is C13H12N2O5. The van der Waals surface area contributed by atoms with Crippen molar-refractivity contribution in [2.75, 3.05) is 19.6 Å². The predicted octanol–water partition coefficient (Wildman–Crippen LogP) is 1.10. The third-order valence-corrected chi connectivity index (χ3v) is 2.73. The Morgan fingerprint density at radius 2 is 1.75 bits per heavy atom. The monoisotopic (exact) mass is 276 g/mol. The molecule has 1 N–H and O–H groups in total. The summed E-state index contributed by atoms with van der Waals surface area (Å²) in [6.07, 6.45) is 0.381. The van der Waals surface area contributed by atoms with Crippen molar-refractivity contribution < 1.29 is 19.1 Å². The number of carbonyl (C=O) groups is 2. The molecule has 0 fully saturated rings. The van der Waals surface area contributed by atoms with E-state index in [9.17, 15) is 14.4 Å². The number of nitrogens with zero attached hydrogens (tertiary/aromatic N) is 1. The van der Waals surface area contributed by atoms with Crippen LogP contribution in [0.1, 0.15) is 10.4 Å². The molecule has 2 aromatic rings. The lowest BCUT2D eigenvalue weighted by Crippen LogP contribution is -2.33. The summed E-state index contributed by atoms with van der Waals surface area (Å²) in [4.78, 5) is 35.2. The third kappa shape index (κ3) is 2.33. The van der Waals surface area contributed by atoms with Crippen LogP contribution < -0.4 is 11.0 Å². The number of hydrogen-bond acceptors (Lipinski definition) is 5. The lowest BCUT2D eigenvalue weighted by Gasteiger charge is -2.11. The lowest BCUT2D eigenvalue weighted by atomic mass is 10.1. The highest BCUT2D eigenvalue weighted by Crippen LogP contribution is 2.15. The normalized spacial score (nSPS) is 10.1. The standard InChI is InChI=1S/C13H12N2O5/c1-19-12(17)10-7-15(14-13(18)20-2)11(16)9-6-4-3-5-8(9)10/h3-7H,1-2H3,(H,14,18). The zero-order valence-corrected chi connectivity index (χ0v) is 10.9. The molecule has 0 bridgehead atoms. The molecule has 104 valence electrons. The first kappa shape index (κ1) is 13.6. The molecule has 0 aliphatic heterocycles. The van der Waals surface area contributed by atoms with E-state index in [1.807, 2.05) is 0 Å². The van der Waals surface area contributed by atoms with Gasteiger partial charge in [-0.3, -0.25) is 4.79 Å². The first-order chi connectivity index (χ1) is 9.58. The molecule has 7 heteroatoms. The Bertz CT molecular complexity index is 735. The average molecular weight is 276 g/mol. The van der Waals surface area contributed by atoms with Crippen molar-refractivity contribution in [3.63, 3.8) is 0 Å². The van der Waals surface area contributed by atoms with E-state index in [2.05, 4.69) is 14.9 Å². The van der Waals surface area contributed by atoms with Crippen LogP contribution in [0.25, 0.3) is 10.8 Å². The van der Waals surface area contributed by atoms with Gasteiger partial charge in [0.2, 0.25) is 0 Å². The van der Waals surface area contributed by atoms with Crippen molar-refractivity contribution >= 4 is 22.8 Å². The Hall–Kier alpha value is -2.83. The van der Waals surface area contributed by atoms with Crippen LogP contribution in [0.15, 0.2) is 35.3 Å². The molecule has 0 aliphatic carbocycles. The van der Waals surface area contributed by atoms with Gasteiger partial charge in [-0.25, -0.2) is 19.7 Å². The number of carbonyl (C=O) groups excluding carboxylic acids is 2. The van der Waals surface area contributed by atoms with Crippen LogP contribution in [-0.4, -0.2) is 31.0 Å². The molecular weight excluding hydrogens is 264 g/mol. The highest BCUT2D eigenvalue weighted by atomic mass is 16.5. The van der Waals surface area contributed by atoms with Gasteiger partial charge < -0.3 is 9.47 Å². The minimum atomic E-state index is -0.821. The van der Waals surface area contributed by atoms with Crippen LogP contribution in [0.3, 0.4) is 0 Å². The van der Waals surface area contributed by atoms with Crippen molar-refractivity contribution in [2.45, 2.75) is 0 Å².